The standard InChI is InChI=1S/C13H19NO2/c1-2-3-4-5-9-16-12-8-6-7-11(10-12)13(14)15/h2-3,6-8,10,13,15H,4-5,9,14H2,1H3. The molecule has 1 unspecified atom stereocenters. The van der Waals surface area contributed by atoms with Gasteiger partial charge in [-0.15, -0.1) is 0 Å². The minimum atomic E-state index is -0.938. The predicted octanol–water partition coefficient (Wildman–Crippen LogP) is 2.37. The van der Waals surface area contributed by atoms with E-state index in [9.17, 15) is 5.11 Å². The van der Waals surface area contributed by atoms with Crippen molar-refractivity contribution in [2.45, 2.75) is 26.0 Å². The first-order valence-electron chi connectivity index (χ1n) is 5.51. The van der Waals surface area contributed by atoms with E-state index in [-0.39, 0.29) is 0 Å². The Balaban J connectivity index is 2.39. The highest BCUT2D eigenvalue weighted by atomic mass is 16.5. The Hall–Kier alpha value is -1.32. The molecule has 0 aromatic heterocycles. The first kappa shape index (κ1) is 12.7. The van der Waals surface area contributed by atoms with E-state index in [1.54, 1.807) is 12.1 Å². The zero-order chi connectivity index (χ0) is 11.8. The van der Waals surface area contributed by atoms with Gasteiger partial charge in [-0.05, 0) is 37.5 Å². The molecule has 0 spiro atoms. The van der Waals surface area contributed by atoms with E-state index < -0.39 is 6.23 Å². The van der Waals surface area contributed by atoms with E-state index in [4.69, 9.17) is 10.5 Å². The highest BCUT2D eigenvalue weighted by Gasteiger charge is 2.01. The fourth-order valence-corrected chi connectivity index (χ4v) is 1.35. The van der Waals surface area contributed by atoms with E-state index in [0.29, 0.717) is 12.2 Å². The molecule has 0 amide bonds. The lowest BCUT2D eigenvalue weighted by molar-refractivity contribution is 0.185. The molecule has 0 saturated heterocycles. The molecule has 0 fully saturated rings. The largest absolute Gasteiger partial charge is 0.494 e. The van der Waals surface area contributed by atoms with E-state index >= 15 is 0 Å². The van der Waals surface area contributed by atoms with E-state index in [0.717, 1.165) is 18.6 Å². The number of rotatable bonds is 6. The molecule has 0 aliphatic carbocycles. The summed E-state index contributed by atoms with van der Waals surface area (Å²) in [6, 6.07) is 7.23. The SMILES string of the molecule is CC=CCCCOc1cccc(C(N)O)c1. The highest BCUT2D eigenvalue weighted by molar-refractivity contribution is 5.29. The molecule has 3 nitrogen and oxygen atoms in total. The number of ether oxygens (including phenoxy) is 1. The molecular formula is C13H19NO2. The summed E-state index contributed by atoms with van der Waals surface area (Å²) in [7, 11) is 0. The summed E-state index contributed by atoms with van der Waals surface area (Å²) in [4.78, 5) is 0. The number of benzene rings is 1. The average molecular weight is 221 g/mol. The van der Waals surface area contributed by atoms with Crippen LogP contribution in [0.15, 0.2) is 36.4 Å². The molecule has 0 bridgehead atoms. The van der Waals surface area contributed by atoms with E-state index in [2.05, 4.69) is 6.08 Å². The quantitative estimate of drug-likeness (QED) is 0.440. The van der Waals surface area contributed by atoms with Crippen LogP contribution < -0.4 is 10.5 Å². The van der Waals surface area contributed by atoms with Crippen LogP contribution in [-0.2, 0) is 0 Å². The van der Waals surface area contributed by atoms with Crippen LogP contribution in [0.5, 0.6) is 5.75 Å². The van der Waals surface area contributed by atoms with Crippen LogP contribution in [0.25, 0.3) is 0 Å². The van der Waals surface area contributed by atoms with Crippen molar-refractivity contribution >= 4 is 0 Å². The van der Waals surface area contributed by atoms with Crippen molar-refractivity contribution in [2.24, 2.45) is 5.73 Å². The van der Waals surface area contributed by atoms with Gasteiger partial charge in [0.25, 0.3) is 0 Å². The monoisotopic (exact) mass is 221 g/mol. The van der Waals surface area contributed by atoms with Gasteiger partial charge in [0.1, 0.15) is 12.0 Å². The third-order valence-electron chi connectivity index (χ3n) is 2.22. The van der Waals surface area contributed by atoms with Gasteiger partial charge in [-0.3, -0.25) is 0 Å². The summed E-state index contributed by atoms with van der Waals surface area (Å²) < 4.78 is 5.54. The Kier molecular flexibility index (Phi) is 5.61. The van der Waals surface area contributed by atoms with Crippen molar-refractivity contribution < 1.29 is 9.84 Å². The number of unbranched alkanes of at least 4 members (excludes halogenated alkanes) is 1. The molecule has 0 radical (unpaired) electrons. The molecule has 0 heterocycles. The first-order valence-corrected chi connectivity index (χ1v) is 5.51. The maximum absolute atomic E-state index is 9.20. The van der Waals surface area contributed by atoms with Crippen molar-refractivity contribution in [3.63, 3.8) is 0 Å². The van der Waals surface area contributed by atoms with Crippen LogP contribution in [0.4, 0.5) is 0 Å². The second kappa shape index (κ2) is 7.04. The molecule has 1 aromatic carbocycles. The number of nitrogens with two attached hydrogens (primary N) is 1. The molecule has 0 saturated carbocycles. The third kappa shape index (κ3) is 4.47. The number of allylic oxidation sites excluding steroid dienone is 2. The zero-order valence-corrected chi connectivity index (χ0v) is 9.60. The minimum Gasteiger partial charge on any atom is -0.494 e. The van der Waals surface area contributed by atoms with Gasteiger partial charge in [0.2, 0.25) is 0 Å². The van der Waals surface area contributed by atoms with Gasteiger partial charge in [-0.1, -0.05) is 24.3 Å². The highest BCUT2D eigenvalue weighted by Crippen LogP contribution is 2.16. The topological polar surface area (TPSA) is 55.5 Å². The summed E-state index contributed by atoms with van der Waals surface area (Å²) in [5.74, 6) is 0.752. The summed E-state index contributed by atoms with van der Waals surface area (Å²) >= 11 is 0. The number of hydrogen-bond donors (Lipinski definition) is 2. The molecule has 3 N–H and O–H groups in total. The number of aliphatic hydroxyl groups excluding tert-OH is 1. The fraction of sp³-hybridized carbons (Fsp3) is 0.385. The van der Waals surface area contributed by atoms with Crippen LogP contribution in [0.1, 0.15) is 31.6 Å². The van der Waals surface area contributed by atoms with Crippen molar-refractivity contribution in [1.29, 1.82) is 0 Å². The van der Waals surface area contributed by atoms with Gasteiger partial charge in [0.15, 0.2) is 0 Å². The molecular weight excluding hydrogens is 202 g/mol. The molecule has 0 aliphatic rings. The number of hydrogen-bond acceptors (Lipinski definition) is 3. The summed E-state index contributed by atoms with van der Waals surface area (Å²) in [5.41, 5.74) is 6.04. The van der Waals surface area contributed by atoms with Gasteiger partial charge in [0.05, 0.1) is 6.61 Å². The molecule has 1 atom stereocenters. The Morgan fingerprint density at radius 2 is 2.31 bits per heavy atom. The smallest absolute Gasteiger partial charge is 0.128 e. The molecule has 3 heteroatoms. The minimum absolute atomic E-state index is 0.672. The molecule has 1 aromatic rings. The van der Waals surface area contributed by atoms with Crippen LogP contribution in [0, 0.1) is 0 Å². The molecule has 88 valence electrons. The lowest BCUT2D eigenvalue weighted by Crippen LogP contribution is -2.08. The third-order valence-corrected chi connectivity index (χ3v) is 2.22. The first-order chi connectivity index (χ1) is 7.74. The van der Waals surface area contributed by atoms with Crippen molar-refractivity contribution in [1.82, 2.24) is 0 Å². The van der Waals surface area contributed by atoms with E-state index in [1.165, 1.54) is 0 Å². The molecule has 0 aliphatic heterocycles. The molecule has 16 heavy (non-hydrogen) atoms. The van der Waals surface area contributed by atoms with Crippen LogP contribution >= 0.6 is 0 Å². The zero-order valence-electron chi connectivity index (χ0n) is 9.60. The van der Waals surface area contributed by atoms with Gasteiger partial charge in [-0.2, -0.15) is 0 Å². The molecule has 1 rings (SSSR count). The summed E-state index contributed by atoms with van der Waals surface area (Å²) in [6.07, 6.45) is 5.22. The number of aliphatic hydroxyl groups is 1. The van der Waals surface area contributed by atoms with Crippen LogP contribution in [-0.4, -0.2) is 11.7 Å². The summed E-state index contributed by atoms with van der Waals surface area (Å²) in [5, 5.41) is 9.20. The Morgan fingerprint density at radius 3 is 3.00 bits per heavy atom. The Labute approximate surface area is 96.5 Å². The van der Waals surface area contributed by atoms with Gasteiger partial charge < -0.3 is 15.6 Å². The maximum Gasteiger partial charge on any atom is 0.128 e. The fourth-order valence-electron chi connectivity index (χ4n) is 1.35. The second-order valence-electron chi connectivity index (χ2n) is 3.58. The van der Waals surface area contributed by atoms with Crippen LogP contribution in [0.3, 0.4) is 0 Å². The normalized spacial score (nSPS) is 12.9. The van der Waals surface area contributed by atoms with E-state index in [1.807, 2.05) is 25.1 Å². The Morgan fingerprint density at radius 1 is 1.50 bits per heavy atom. The Bertz CT molecular complexity index is 334. The van der Waals surface area contributed by atoms with Crippen molar-refractivity contribution in [3.05, 3.63) is 42.0 Å². The average Bonchev–Trinajstić information content (AvgIpc) is 2.29. The summed E-state index contributed by atoms with van der Waals surface area (Å²) in [6.45, 7) is 2.68. The van der Waals surface area contributed by atoms with Gasteiger partial charge in [0, 0.05) is 0 Å². The van der Waals surface area contributed by atoms with Crippen LogP contribution in [0.2, 0.25) is 0 Å². The lowest BCUT2D eigenvalue weighted by Gasteiger charge is -2.08. The predicted molar refractivity (Wildman–Crippen MR) is 65.1 cm³/mol. The van der Waals surface area contributed by atoms with Crippen molar-refractivity contribution in [2.75, 3.05) is 6.61 Å². The van der Waals surface area contributed by atoms with Gasteiger partial charge >= 0.3 is 0 Å². The van der Waals surface area contributed by atoms with Crippen molar-refractivity contribution in [3.8, 4) is 5.75 Å². The van der Waals surface area contributed by atoms with Gasteiger partial charge in [-0.25, -0.2) is 0 Å². The lowest BCUT2D eigenvalue weighted by atomic mass is 10.2. The maximum atomic E-state index is 9.20. The second-order valence-corrected chi connectivity index (χ2v) is 3.58.